The Kier molecular flexibility index (Phi) is 8.27. The van der Waals surface area contributed by atoms with Crippen molar-refractivity contribution in [3.05, 3.63) is 0 Å². The molecule has 90 valence electrons. The molecule has 0 aromatic carbocycles. The third-order valence-corrected chi connectivity index (χ3v) is 2.46. The van der Waals surface area contributed by atoms with E-state index >= 15 is 0 Å². The van der Waals surface area contributed by atoms with Crippen molar-refractivity contribution in [2.45, 2.75) is 39.2 Å². The highest BCUT2D eigenvalue weighted by atomic mass is 16.3. The van der Waals surface area contributed by atoms with Crippen LogP contribution in [0.5, 0.6) is 0 Å². The third kappa shape index (κ3) is 5.11. The van der Waals surface area contributed by atoms with Gasteiger partial charge in [0.2, 0.25) is 0 Å². The molecule has 5 heteroatoms. The summed E-state index contributed by atoms with van der Waals surface area (Å²) in [6, 6.07) is -0.228. The number of hydrogen-bond donors (Lipinski definition) is 3. The summed E-state index contributed by atoms with van der Waals surface area (Å²) in [5, 5.41) is 8.93. The van der Waals surface area contributed by atoms with Gasteiger partial charge in [-0.05, 0) is 19.4 Å². The quantitative estimate of drug-likeness (QED) is 0.300. The van der Waals surface area contributed by atoms with Crippen LogP contribution < -0.4 is 11.3 Å². The summed E-state index contributed by atoms with van der Waals surface area (Å²) in [7, 11) is 0. The number of aliphatic hydroxyl groups excluding tert-OH is 1. The van der Waals surface area contributed by atoms with E-state index in [1.54, 1.807) is 0 Å². The molecule has 0 aliphatic rings. The summed E-state index contributed by atoms with van der Waals surface area (Å²) in [6.07, 6.45) is 2.80. The van der Waals surface area contributed by atoms with Crippen LogP contribution in [0.3, 0.4) is 0 Å². The first kappa shape index (κ1) is 14.3. The molecule has 0 heterocycles. The Labute approximate surface area is 91.6 Å². The molecule has 0 fully saturated rings. The highest BCUT2D eigenvalue weighted by Gasteiger charge is 2.22. The molecule has 5 nitrogen and oxygen atoms in total. The lowest BCUT2D eigenvalue weighted by Gasteiger charge is -2.28. The second-order valence-corrected chi connectivity index (χ2v) is 3.55. The molecule has 0 aliphatic heterocycles. The van der Waals surface area contributed by atoms with E-state index < -0.39 is 0 Å². The van der Waals surface area contributed by atoms with Gasteiger partial charge in [-0.1, -0.05) is 20.3 Å². The predicted molar refractivity (Wildman–Crippen MR) is 60.0 cm³/mol. The molecule has 0 spiro atoms. The van der Waals surface area contributed by atoms with Gasteiger partial charge < -0.3 is 5.11 Å². The van der Waals surface area contributed by atoms with E-state index in [1.807, 2.05) is 11.8 Å². The van der Waals surface area contributed by atoms with E-state index in [4.69, 9.17) is 10.9 Å². The van der Waals surface area contributed by atoms with E-state index in [9.17, 15) is 4.79 Å². The van der Waals surface area contributed by atoms with Crippen LogP contribution in [-0.2, 0) is 4.79 Å². The largest absolute Gasteiger partial charge is 0.395 e. The van der Waals surface area contributed by atoms with E-state index in [1.165, 1.54) is 0 Å². The maximum Gasteiger partial charge on any atom is 0.251 e. The van der Waals surface area contributed by atoms with Crippen molar-refractivity contribution in [3.8, 4) is 0 Å². The Hall–Kier alpha value is -0.650. The standard InChI is InChI=1S/C10H23N3O2/c1-3-5-6-13(7-8-14)9(4-2)10(15)12-11/h9,14H,3-8,11H2,1-2H3,(H,12,15). The van der Waals surface area contributed by atoms with Crippen LogP contribution in [0.4, 0.5) is 0 Å². The Bertz CT molecular complexity index is 176. The van der Waals surface area contributed by atoms with Gasteiger partial charge in [0.25, 0.3) is 5.91 Å². The van der Waals surface area contributed by atoms with Crippen molar-refractivity contribution in [3.63, 3.8) is 0 Å². The molecule has 0 radical (unpaired) electrons. The molecule has 15 heavy (non-hydrogen) atoms. The van der Waals surface area contributed by atoms with E-state index in [0.29, 0.717) is 13.0 Å². The van der Waals surface area contributed by atoms with Crippen molar-refractivity contribution >= 4 is 5.91 Å². The summed E-state index contributed by atoms with van der Waals surface area (Å²) >= 11 is 0. The van der Waals surface area contributed by atoms with Crippen LogP contribution in [0, 0.1) is 0 Å². The molecule has 4 N–H and O–H groups in total. The lowest BCUT2D eigenvalue weighted by molar-refractivity contribution is -0.126. The van der Waals surface area contributed by atoms with Gasteiger partial charge in [0.15, 0.2) is 0 Å². The number of carbonyl (C=O) groups is 1. The minimum absolute atomic E-state index is 0.0675. The Morgan fingerprint density at radius 3 is 2.53 bits per heavy atom. The van der Waals surface area contributed by atoms with Gasteiger partial charge in [-0.25, -0.2) is 5.84 Å². The first-order valence-electron chi connectivity index (χ1n) is 5.56. The second-order valence-electron chi connectivity index (χ2n) is 3.55. The molecule has 0 aliphatic carbocycles. The molecule has 0 rings (SSSR count). The fourth-order valence-corrected chi connectivity index (χ4v) is 1.62. The lowest BCUT2D eigenvalue weighted by Crippen LogP contribution is -2.49. The van der Waals surface area contributed by atoms with Crippen LogP contribution >= 0.6 is 0 Å². The molecule has 0 aromatic heterocycles. The molecule has 0 bridgehead atoms. The average Bonchev–Trinajstić information content (AvgIpc) is 2.26. The van der Waals surface area contributed by atoms with Crippen molar-refractivity contribution in [1.82, 2.24) is 10.3 Å². The minimum Gasteiger partial charge on any atom is -0.395 e. The highest BCUT2D eigenvalue weighted by Crippen LogP contribution is 2.06. The topological polar surface area (TPSA) is 78.6 Å². The van der Waals surface area contributed by atoms with Gasteiger partial charge in [-0.3, -0.25) is 15.1 Å². The summed E-state index contributed by atoms with van der Waals surface area (Å²) < 4.78 is 0. The van der Waals surface area contributed by atoms with Gasteiger partial charge in [-0.15, -0.1) is 0 Å². The zero-order valence-electron chi connectivity index (χ0n) is 9.70. The molecular weight excluding hydrogens is 194 g/mol. The SMILES string of the molecule is CCCCN(CCO)C(CC)C(=O)NN. The van der Waals surface area contributed by atoms with Crippen LogP contribution in [0.25, 0.3) is 0 Å². The average molecular weight is 217 g/mol. The van der Waals surface area contributed by atoms with Crippen LogP contribution in [0.15, 0.2) is 0 Å². The van der Waals surface area contributed by atoms with Crippen LogP contribution in [0.2, 0.25) is 0 Å². The molecule has 0 aromatic rings. The summed E-state index contributed by atoms with van der Waals surface area (Å²) in [4.78, 5) is 13.4. The Morgan fingerprint density at radius 1 is 1.47 bits per heavy atom. The van der Waals surface area contributed by atoms with E-state index in [2.05, 4.69) is 12.3 Å². The zero-order valence-corrected chi connectivity index (χ0v) is 9.70. The van der Waals surface area contributed by atoms with E-state index in [0.717, 1.165) is 19.4 Å². The lowest BCUT2D eigenvalue weighted by atomic mass is 10.1. The number of nitrogens with zero attached hydrogens (tertiary/aromatic N) is 1. The number of unbranched alkanes of at least 4 members (excludes halogenated alkanes) is 1. The Balaban J connectivity index is 4.32. The smallest absolute Gasteiger partial charge is 0.251 e. The highest BCUT2D eigenvalue weighted by molar-refractivity contribution is 5.81. The molecule has 1 atom stereocenters. The van der Waals surface area contributed by atoms with Gasteiger partial charge in [0, 0.05) is 6.54 Å². The number of nitrogens with one attached hydrogen (secondary N) is 1. The van der Waals surface area contributed by atoms with E-state index in [-0.39, 0.29) is 18.6 Å². The zero-order chi connectivity index (χ0) is 11.7. The minimum atomic E-state index is -0.228. The number of amides is 1. The first-order chi connectivity index (χ1) is 7.21. The third-order valence-electron chi connectivity index (χ3n) is 2.46. The van der Waals surface area contributed by atoms with Gasteiger partial charge >= 0.3 is 0 Å². The fraction of sp³-hybridized carbons (Fsp3) is 0.900. The summed E-state index contributed by atoms with van der Waals surface area (Å²) in [5.41, 5.74) is 2.17. The first-order valence-corrected chi connectivity index (χ1v) is 5.56. The van der Waals surface area contributed by atoms with Crippen molar-refractivity contribution < 1.29 is 9.90 Å². The maximum atomic E-state index is 11.5. The van der Waals surface area contributed by atoms with Gasteiger partial charge in [0.05, 0.1) is 12.6 Å². The van der Waals surface area contributed by atoms with Crippen LogP contribution in [-0.4, -0.2) is 41.7 Å². The maximum absolute atomic E-state index is 11.5. The Morgan fingerprint density at radius 2 is 2.13 bits per heavy atom. The molecule has 1 amide bonds. The predicted octanol–water partition coefficient (Wildman–Crippen LogP) is -0.151. The number of hydrazine groups is 1. The van der Waals surface area contributed by atoms with Crippen LogP contribution in [0.1, 0.15) is 33.1 Å². The molecular formula is C10H23N3O2. The van der Waals surface area contributed by atoms with Gasteiger partial charge in [-0.2, -0.15) is 0 Å². The van der Waals surface area contributed by atoms with Crippen molar-refractivity contribution in [2.24, 2.45) is 5.84 Å². The summed E-state index contributed by atoms with van der Waals surface area (Å²) in [6.45, 7) is 5.45. The van der Waals surface area contributed by atoms with Crippen molar-refractivity contribution in [2.75, 3.05) is 19.7 Å². The molecule has 0 saturated carbocycles. The number of aliphatic hydroxyl groups is 1. The van der Waals surface area contributed by atoms with Gasteiger partial charge in [0.1, 0.15) is 0 Å². The molecule has 0 saturated heterocycles. The normalized spacial score (nSPS) is 12.9. The monoisotopic (exact) mass is 217 g/mol. The number of rotatable bonds is 8. The number of hydrogen-bond acceptors (Lipinski definition) is 4. The second kappa shape index (κ2) is 8.64. The molecule has 1 unspecified atom stereocenters. The number of carbonyl (C=O) groups excluding carboxylic acids is 1. The fourth-order valence-electron chi connectivity index (χ4n) is 1.62. The number of nitrogens with two attached hydrogens (primary N) is 1. The summed E-state index contributed by atoms with van der Waals surface area (Å²) in [5.74, 6) is 4.94. The van der Waals surface area contributed by atoms with Crippen molar-refractivity contribution in [1.29, 1.82) is 0 Å².